The molecule has 1 heterocycles. The number of nitrogens with zero attached hydrogens (tertiary/aromatic N) is 2. The van der Waals surface area contributed by atoms with Crippen molar-refractivity contribution < 1.29 is 4.39 Å². The number of hydrogen-bond acceptors (Lipinski definition) is 2. The zero-order chi connectivity index (χ0) is 11.3. The largest absolute Gasteiger partial charge is 0.368 e. The lowest BCUT2D eigenvalue weighted by atomic mass is 9.94. The Morgan fingerprint density at radius 3 is 2.53 bits per heavy atom. The molecule has 3 heteroatoms. The van der Waals surface area contributed by atoms with Crippen molar-refractivity contribution in [3.05, 3.63) is 24.3 Å². The van der Waals surface area contributed by atoms with E-state index in [9.17, 15) is 4.39 Å². The van der Waals surface area contributed by atoms with Crippen LogP contribution in [0.5, 0.6) is 0 Å². The van der Waals surface area contributed by atoms with E-state index >= 15 is 0 Å². The molecule has 0 aromatic heterocycles. The fourth-order valence-electron chi connectivity index (χ4n) is 2.01. The van der Waals surface area contributed by atoms with E-state index in [1.54, 1.807) is 0 Å². The lowest BCUT2D eigenvalue weighted by molar-refractivity contribution is 0.223. The van der Waals surface area contributed by atoms with Crippen LogP contribution in [0, 0.1) is 5.92 Å². The average Bonchev–Trinajstić information content (AvgIpc) is 2.30. The minimum atomic E-state index is -0.514. The summed E-state index contributed by atoms with van der Waals surface area (Å²) in [5, 5.41) is 0. The number of aliphatic imine (C=N–C) groups is 1. The monoisotopic (exact) mass is 210 g/mol. The molecule has 0 radical (unpaired) electrons. The van der Waals surface area contributed by atoms with E-state index in [1.165, 1.54) is 12.5 Å². The van der Waals surface area contributed by atoms with Crippen LogP contribution in [0.15, 0.2) is 29.3 Å². The molecular weight excluding hydrogens is 191 g/mol. The maximum absolute atomic E-state index is 13.3. The van der Waals surface area contributed by atoms with Gasteiger partial charge in [0.05, 0.1) is 5.70 Å². The Labute approximate surface area is 91.2 Å². The molecule has 1 rings (SSSR count). The van der Waals surface area contributed by atoms with Crippen molar-refractivity contribution in [2.75, 3.05) is 13.1 Å². The number of allylic oxidation sites excluding steroid dienone is 1. The van der Waals surface area contributed by atoms with Crippen molar-refractivity contribution in [2.24, 2.45) is 10.9 Å². The molecule has 0 aromatic carbocycles. The van der Waals surface area contributed by atoms with Crippen molar-refractivity contribution in [3.63, 3.8) is 0 Å². The van der Waals surface area contributed by atoms with E-state index < -0.39 is 5.95 Å². The highest BCUT2D eigenvalue weighted by atomic mass is 19.1. The lowest BCUT2D eigenvalue weighted by Gasteiger charge is -2.33. The second-order valence-electron chi connectivity index (χ2n) is 3.88. The second kappa shape index (κ2) is 5.69. The van der Waals surface area contributed by atoms with Gasteiger partial charge in [-0.25, -0.2) is 4.99 Å². The Balaban J connectivity index is 2.66. The van der Waals surface area contributed by atoms with Crippen LogP contribution in [-0.2, 0) is 0 Å². The van der Waals surface area contributed by atoms with Gasteiger partial charge in [-0.2, -0.15) is 4.39 Å². The van der Waals surface area contributed by atoms with Gasteiger partial charge in [0.25, 0.3) is 0 Å². The van der Waals surface area contributed by atoms with Crippen LogP contribution in [-0.4, -0.2) is 24.7 Å². The third kappa shape index (κ3) is 2.91. The number of piperidine rings is 1. The molecule has 0 atom stereocenters. The summed E-state index contributed by atoms with van der Waals surface area (Å²) in [5.41, 5.74) is 0.486. The fraction of sp³-hybridized carbons (Fsp3) is 0.583. The van der Waals surface area contributed by atoms with Crippen LogP contribution in [0.4, 0.5) is 4.39 Å². The van der Waals surface area contributed by atoms with Crippen molar-refractivity contribution in [3.8, 4) is 0 Å². The summed E-state index contributed by atoms with van der Waals surface area (Å²) in [7, 11) is 0. The minimum absolute atomic E-state index is 0.486. The summed E-state index contributed by atoms with van der Waals surface area (Å²) in [6, 6.07) is 0. The summed E-state index contributed by atoms with van der Waals surface area (Å²) >= 11 is 0. The van der Waals surface area contributed by atoms with Gasteiger partial charge in [0.15, 0.2) is 0 Å². The van der Waals surface area contributed by atoms with Gasteiger partial charge in [-0.3, -0.25) is 0 Å². The van der Waals surface area contributed by atoms with Gasteiger partial charge in [-0.05, 0) is 31.6 Å². The molecule has 84 valence electrons. The fourth-order valence-corrected chi connectivity index (χ4v) is 2.01. The molecule has 1 aliphatic rings. The van der Waals surface area contributed by atoms with Gasteiger partial charge in [0.1, 0.15) is 0 Å². The molecule has 0 saturated carbocycles. The molecule has 2 nitrogen and oxygen atoms in total. The minimum Gasteiger partial charge on any atom is -0.368 e. The van der Waals surface area contributed by atoms with Crippen molar-refractivity contribution in [2.45, 2.75) is 26.2 Å². The summed E-state index contributed by atoms with van der Waals surface area (Å²) in [4.78, 5) is 5.33. The Morgan fingerprint density at radius 2 is 2.13 bits per heavy atom. The third-order valence-corrected chi connectivity index (χ3v) is 3.08. The molecule has 0 N–H and O–H groups in total. The van der Waals surface area contributed by atoms with Gasteiger partial charge < -0.3 is 4.90 Å². The Bertz CT molecular complexity index is 263. The predicted octanol–water partition coefficient (Wildman–Crippen LogP) is 3.13. The second-order valence-corrected chi connectivity index (χ2v) is 3.88. The Morgan fingerprint density at radius 1 is 1.53 bits per heavy atom. The van der Waals surface area contributed by atoms with Crippen molar-refractivity contribution in [1.29, 1.82) is 0 Å². The van der Waals surface area contributed by atoms with Gasteiger partial charge in [0, 0.05) is 13.1 Å². The molecule has 0 spiro atoms. The van der Waals surface area contributed by atoms with E-state index in [-0.39, 0.29) is 0 Å². The highest BCUT2D eigenvalue weighted by Crippen LogP contribution is 2.24. The molecule has 1 fully saturated rings. The van der Waals surface area contributed by atoms with Gasteiger partial charge in [-0.15, -0.1) is 0 Å². The maximum Gasteiger partial charge on any atom is 0.235 e. The molecule has 1 saturated heterocycles. The molecule has 0 amide bonds. The van der Waals surface area contributed by atoms with Crippen LogP contribution in [0.3, 0.4) is 0 Å². The smallest absolute Gasteiger partial charge is 0.235 e. The van der Waals surface area contributed by atoms with Gasteiger partial charge in [-0.1, -0.05) is 19.9 Å². The molecular formula is C12H19FN2. The van der Waals surface area contributed by atoms with E-state index in [0.29, 0.717) is 5.70 Å². The SMILES string of the molecule is C=C/C(=C(/F)N=C)N1CCC(CC)CC1. The standard InChI is InChI=1S/C12H19FN2/c1-4-10-6-8-15(9-7-10)11(5-2)12(13)14-3/h5,10H,2-4,6-9H2,1H3/b12-11+. The summed E-state index contributed by atoms with van der Waals surface area (Å²) < 4.78 is 13.3. The van der Waals surface area contributed by atoms with E-state index in [2.05, 4.69) is 25.2 Å². The highest BCUT2D eigenvalue weighted by molar-refractivity contribution is 5.30. The number of likely N-dealkylation sites (tertiary alicyclic amines) is 1. The number of rotatable bonds is 4. The lowest BCUT2D eigenvalue weighted by Crippen LogP contribution is -2.32. The van der Waals surface area contributed by atoms with Crippen LogP contribution in [0.2, 0.25) is 0 Å². The van der Waals surface area contributed by atoms with Crippen LogP contribution in [0.25, 0.3) is 0 Å². The Kier molecular flexibility index (Phi) is 4.53. The summed E-state index contributed by atoms with van der Waals surface area (Å²) in [5.74, 6) is 0.270. The van der Waals surface area contributed by atoms with Crippen LogP contribution in [0.1, 0.15) is 26.2 Å². The van der Waals surface area contributed by atoms with Crippen molar-refractivity contribution >= 4 is 6.72 Å². The zero-order valence-corrected chi connectivity index (χ0v) is 9.38. The molecule has 0 bridgehead atoms. The number of hydrogen-bond donors (Lipinski definition) is 0. The molecule has 0 aliphatic carbocycles. The first kappa shape index (κ1) is 12.0. The quantitative estimate of drug-likeness (QED) is 0.395. The Hall–Kier alpha value is -1.12. The first-order valence-electron chi connectivity index (χ1n) is 5.46. The predicted molar refractivity (Wildman–Crippen MR) is 62.5 cm³/mol. The van der Waals surface area contributed by atoms with Crippen molar-refractivity contribution in [1.82, 2.24) is 4.90 Å². The van der Waals surface area contributed by atoms with Gasteiger partial charge >= 0.3 is 0 Å². The number of halogens is 1. The zero-order valence-electron chi connectivity index (χ0n) is 9.38. The topological polar surface area (TPSA) is 15.6 Å². The summed E-state index contributed by atoms with van der Waals surface area (Å²) in [6.45, 7) is 10.8. The average molecular weight is 210 g/mol. The maximum atomic E-state index is 13.3. The highest BCUT2D eigenvalue weighted by Gasteiger charge is 2.20. The van der Waals surface area contributed by atoms with Crippen LogP contribution >= 0.6 is 0 Å². The van der Waals surface area contributed by atoms with Crippen LogP contribution < -0.4 is 0 Å². The normalized spacial score (nSPS) is 19.7. The van der Waals surface area contributed by atoms with Gasteiger partial charge in [0.2, 0.25) is 5.95 Å². The summed E-state index contributed by atoms with van der Waals surface area (Å²) in [6.07, 6.45) is 4.98. The molecule has 1 aliphatic heterocycles. The van der Waals surface area contributed by atoms with E-state index in [1.807, 2.05) is 4.90 Å². The molecule has 0 aromatic rings. The molecule has 15 heavy (non-hydrogen) atoms. The first-order valence-corrected chi connectivity index (χ1v) is 5.46. The molecule has 0 unspecified atom stereocenters. The first-order chi connectivity index (χ1) is 7.22. The van der Waals surface area contributed by atoms with E-state index in [0.717, 1.165) is 31.8 Å². The van der Waals surface area contributed by atoms with E-state index in [4.69, 9.17) is 0 Å². The third-order valence-electron chi connectivity index (χ3n) is 3.08.